The molecule has 1 aliphatic rings. The number of hydrogen-bond acceptors (Lipinski definition) is 13. The third-order valence-electron chi connectivity index (χ3n) is 10.3. The minimum Gasteiger partial charge on any atom is -0.387 e. The van der Waals surface area contributed by atoms with Crippen molar-refractivity contribution in [3.63, 3.8) is 0 Å². The molecular weight excluding hydrogens is 770 g/mol. The number of nitriles is 1. The minimum absolute atomic E-state index is 0.000490. The summed E-state index contributed by atoms with van der Waals surface area (Å²) in [4.78, 5) is 18.7. The third-order valence-corrected chi connectivity index (χ3v) is 11.2. The lowest BCUT2D eigenvalue weighted by molar-refractivity contribution is -0.0702. The van der Waals surface area contributed by atoms with Gasteiger partial charge in [-0.25, -0.2) is 18.5 Å². The van der Waals surface area contributed by atoms with E-state index in [0.717, 1.165) is 25.3 Å². The number of rotatable bonds is 29. The second-order valence-electron chi connectivity index (χ2n) is 15.0. The van der Waals surface area contributed by atoms with Crippen molar-refractivity contribution in [1.82, 2.24) is 14.6 Å². The Hall–Kier alpha value is -3.36. The first kappa shape index (κ1) is 47.3. The van der Waals surface area contributed by atoms with Crippen LogP contribution in [-0.2, 0) is 34.4 Å². The van der Waals surface area contributed by atoms with Gasteiger partial charge in [-0.15, -0.1) is 0 Å². The van der Waals surface area contributed by atoms with E-state index in [4.69, 9.17) is 29.0 Å². The second kappa shape index (κ2) is 24.7. The number of ether oxygens (including phenoxy) is 3. The molecule has 6 atom stereocenters. The molecule has 58 heavy (non-hydrogen) atoms. The molecule has 5 N–H and O–H groups in total. The number of aliphatic hydroxyl groups excluding tert-OH is 2. The molecule has 3 heterocycles. The lowest BCUT2D eigenvalue weighted by atomic mass is 9.96. The zero-order valence-electron chi connectivity index (χ0n) is 33.9. The predicted octanol–water partition coefficient (Wildman–Crippen LogP) is 7.16. The monoisotopic (exact) mass is 832 g/mol. The fourth-order valence-corrected chi connectivity index (χ4v) is 7.87. The van der Waals surface area contributed by atoms with Crippen LogP contribution in [0.2, 0.25) is 0 Å². The van der Waals surface area contributed by atoms with Gasteiger partial charge in [-0.05, 0) is 42.3 Å². The Morgan fingerprint density at radius 3 is 2.31 bits per heavy atom. The van der Waals surface area contributed by atoms with Crippen LogP contribution in [0.15, 0.2) is 41.7 Å². The lowest BCUT2D eigenvalue weighted by Crippen LogP contribution is -2.48. The number of hydrogen-bond donors (Lipinski definition) is 4. The van der Waals surface area contributed by atoms with Crippen LogP contribution >= 0.6 is 7.82 Å². The highest BCUT2D eigenvalue weighted by Crippen LogP contribution is 2.47. The first-order valence-electron chi connectivity index (χ1n) is 20.6. The van der Waals surface area contributed by atoms with E-state index in [1.807, 2.05) is 6.07 Å². The van der Waals surface area contributed by atoms with Crippen LogP contribution < -0.4 is 5.73 Å². The topological polar surface area (TPSA) is 216 Å². The lowest BCUT2D eigenvalue weighted by Gasteiger charge is -2.28. The van der Waals surface area contributed by atoms with Gasteiger partial charge in [-0.2, -0.15) is 10.4 Å². The van der Waals surface area contributed by atoms with Gasteiger partial charge in [-0.1, -0.05) is 96.8 Å². The summed E-state index contributed by atoms with van der Waals surface area (Å²) in [5.41, 5.74) is 5.40. The maximum atomic E-state index is 14.1. The number of nitrogens with zero attached hydrogens (tertiary/aromatic N) is 5. The number of fused-ring (bicyclic) bond motifs is 1. The minimum atomic E-state index is -4.85. The Bertz CT molecular complexity index is 1790. The Morgan fingerprint density at radius 2 is 1.67 bits per heavy atom. The van der Waals surface area contributed by atoms with E-state index >= 15 is 0 Å². The van der Waals surface area contributed by atoms with Crippen LogP contribution in [0.3, 0.4) is 0 Å². The van der Waals surface area contributed by atoms with Gasteiger partial charge in [-0.3, -0.25) is 14.0 Å². The van der Waals surface area contributed by atoms with Crippen molar-refractivity contribution < 1.29 is 47.3 Å². The normalized spacial score (nSPS) is 21.2. The van der Waals surface area contributed by atoms with Crippen LogP contribution in [0.25, 0.3) is 5.52 Å². The van der Waals surface area contributed by atoms with Crippen molar-refractivity contribution in [3.8, 4) is 6.07 Å². The van der Waals surface area contributed by atoms with E-state index in [0.29, 0.717) is 23.4 Å². The molecule has 0 amide bonds. The SMILES string of the molecule is CCCCCCCCCCCCCCCCCOC[C@H](COP(=O)(O)OC[C@@]1(C=NC)O[C@@H](c2ccc3c(N)ncnn23)[C@H](O)[C@@H]1O)OCc1cc(F)cc(C#N)c1. The highest BCUT2D eigenvalue weighted by molar-refractivity contribution is 7.47. The maximum absolute atomic E-state index is 14.1. The second-order valence-corrected chi connectivity index (χ2v) is 16.4. The quantitative estimate of drug-likeness (QED) is 0.0311. The maximum Gasteiger partial charge on any atom is 0.472 e. The van der Waals surface area contributed by atoms with Crippen molar-refractivity contribution in [2.45, 2.75) is 140 Å². The molecule has 1 aromatic carbocycles. The van der Waals surface area contributed by atoms with Gasteiger partial charge in [0.2, 0.25) is 0 Å². The van der Waals surface area contributed by atoms with Gasteiger partial charge in [0, 0.05) is 19.9 Å². The molecule has 1 unspecified atom stereocenters. The van der Waals surface area contributed by atoms with Gasteiger partial charge in [0.1, 0.15) is 42.1 Å². The van der Waals surface area contributed by atoms with E-state index in [9.17, 15) is 29.3 Å². The Morgan fingerprint density at radius 1 is 1.02 bits per heavy atom. The van der Waals surface area contributed by atoms with Gasteiger partial charge in [0.15, 0.2) is 11.4 Å². The fourth-order valence-electron chi connectivity index (χ4n) is 7.08. The van der Waals surface area contributed by atoms with E-state index in [-0.39, 0.29) is 24.6 Å². The number of halogens is 1. The molecule has 322 valence electrons. The number of aromatic nitrogens is 3. The molecule has 3 aromatic rings. The number of aliphatic imine (C=N–C) groups is 1. The molecule has 0 spiro atoms. The smallest absolute Gasteiger partial charge is 0.387 e. The fraction of sp³-hybridized carbons (Fsp3) is 0.659. The van der Waals surface area contributed by atoms with Gasteiger partial charge in [0.05, 0.1) is 43.8 Å². The number of anilines is 1. The van der Waals surface area contributed by atoms with Gasteiger partial charge in [0.25, 0.3) is 0 Å². The summed E-state index contributed by atoms with van der Waals surface area (Å²) in [6.07, 6.45) is 15.9. The number of unbranched alkanes of at least 4 members (excludes halogenated alkanes) is 14. The summed E-state index contributed by atoms with van der Waals surface area (Å²) < 4.78 is 57.3. The largest absolute Gasteiger partial charge is 0.472 e. The van der Waals surface area contributed by atoms with Crippen LogP contribution in [0.1, 0.15) is 126 Å². The van der Waals surface area contributed by atoms with Crippen molar-refractivity contribution in [3.05, 3.63) is 59.3 Å². The zero-order valence-corrected chi connectivity index (χ0v) is 34.8. The van der Waals surface area contributed by atoms with Gasteiger partial charge >= 0.3 is 7.82 Å². The summed E-state index contributed by atoms with van der Waals surface area (Å²) in [7, 11) is -3.44. The van der Waals surface area contributed by atoms with Crippen LogP contribution in [0.4, 0.5) is 10.2 Å². The molecule has 1 fully saturated rings. The standard InChI is InChI=1S/C41H62FN6O9P/c1-3-4-5-6-7-8-9-10-11-12-13-14-15-16-17-20-53-26-34(54-25-32-21-31(24-43)22-33(42)23-32)27-55-58(51,52)56-29-41(28-45-2)39(50)37(49)38(57-41)35-18-19-36-40(44)46-30-47-48(35)36/h18-19,21-23,28,30,34,37-39,49-50H,3-17,20,25-27,29H2,1-2H3,(H,51,52)(H2,44,46,47)/t34-,37+,38+,39+,41-/m1/s1. The van der Waals surface area contributed by atoms with Crippen molar-refractivity contribution in [2.75, 3.05) is 39.2 Å². The molecule has 0 saturated carbocycles. The first-order valence-corrected chi connectivity index (χ1v) is 22.1. The van der Waals surface area contributed by atoms with Crippen molar-refractivity contribution in [2.24, 2.45) is 4.99 Å². The molecule has 0 radical (unpaired) electrons. The molecule has 0 aliphatic carbocycles. The van der Waals surface area contributed by atoms with Crippen LogP contribution in [0.5, 0.6) is 0 Å². The summed E-state index contributed by atoms with van der Waals surface area (Å²) in [6, 6.07) is 8.97. The molecule has 0 bridgehead atoms. The zero-order chi connectivity index (χ0) is 41.8. The van der Waals surface area contributed by atoms with E-state index in [1.165, 1.54) is 113 Å². The highest BCUT2D eigenvalue weighted by Gasteiger charge is 2.55. The molecular formula is C41H62FN6O9P. The molecule has 1 saturated heterocycles. The Labute approximate surface area is 341 Å². The number of nitrogens with two attached hydrogens (primary N) is 1. The highest BCUT2D eigenvalue weighted by atomic mass is 31.2. The average Bonchev–Trinajstić information content (AvgIpc) is 3.74. The number of aliphatic hydroxyl groups is 2. The summed E-state index contributed by atoms with van der Waals surface area (Å²) in [6.45, 7) is 1.39. The number of phosphoric ester groups is 1. The van der Waals surface area contributed by atoms with Crippen molar-refractivity contribution >= 4 is 25.4 Å². The molecule has 4 rings (SSSR count). The predicted molar refractivity (Wildman–Crippen MR) is 218 cm³/mol. The average molecular weight is 833 g/mol. The third kappa shape index (κ3) is 14.7. The Balaban J connectivity index is 1.25. The molecule has 2 aromatic heterocycles. The number of phosphoric acid groups is 1. The first-order chi connectivity index (χ1) is 28.0. The Kier molecular flexibility index (Phi) is 20.1. The number of nitrogen functional groups attached to an aromatic ring is 1. The van der Waals surface area contributed by atoms with Crippen LogP contribution in [-0.4, -0.2) is 93.3 Å². The van der Waals surface area contributed by atoms with Gasteiger partial charge < -0.3 is 35.1 Å². The summed E-state index contributed by atoms with van der Waals surface area (Å²) in [5, 5.41) is 35.6. The van der Waals surface area contributed by atoms with Crippen molar-refractivity contribution in [1.29, 1.82) is 5.26 Å². The molecule has 15 nitrogen and oxygen atoms in total. The van der Waals surface area contributed by atoms with Crippen LogP contribution in [0, 0.1) is 17.1 Å². The molecule has 17 heteroatoms. The molecule has 1 aliphatic heterocycles. The van der Waals surface area contributed by atoms with E-state index in [2.05, 4.69) is 22.0 Å². The number of benzene rings is 1. The summed E-state index contributed by atoms with van der Waals surface area (Å²) >= 11 is 0. The summed E-state index contributed by atoms with van der Waals surface area (Å²) in [5.74, 6) is -0.406. The van der Waals surface area contributed by atoms with E-state index in [1.54, 1.807) is 12.1 Å². The van der Waals surface area contributed by atoms with E-state index < -0.39 is 56.9 Å².